The minimum atomic E-state index is -1.11. The van der Waals surface area contributed by atoms with Crippen LogP contribution in [0.3, 0.4) is 0 Å². The van der Waals surface area contributed by atoms with E-state index in [1.807, 2.05) is 0 Å². The first-order valence-corrected chi connectivity index (χ1v) is 14.9. The first kappa shape index (κ1) is 32.3. The van der Waals surface area contributed by atoms with Crippen LogP contribution in [-0.4, -0.2) is 63.2 Å². The van der Waals surface area contributed by atoms with Gasteiger partial charge in [0.25, 0.3) is 0 Å². The van der Waals surface area contributed by atoms with Gasteiger partial charge in [-0.25, -0.2) is 14.4 Å². The van der Waals surface area contributed by atoms with E-state index in [1.165, 1.54) is 73.6 Å². The monoisotopic (exact) mass is 526 g/mol. The van der Waals surface area contributed by atoms with Crippen LogP contribution in [0.15, 0.2) is 11.6 Å². The summed E-state index contributed by atoms with van der Waals surface area (Å²) in [4.78, 5) is 36.0. The molecule has 1 aliphatic rings. The Balaban J connectivity index is 2.19. The van der Waals surface area contributed by atoms with Gasteiger partial charge in [0.05, 0.1) is 0 Å². The maximum absolute atomic E-state index is 12.2. The zero-order chi connectivity index (χ0) is 27.1. The van der Waals surface area contributed by atoms with Gasteiger partial charge in [-0.05, 0) is 43.9 Å². The van der Waals surface area contributed by atoms with Crippen LogP contribution in [0.1, 0.15) is 98.8 Å². The van der Waals surface area contributed by atoms with E-state index in [0.29, 0.717) is 18.7 Å². The second-order valence-corrected chi connectivity index (χ2v) is 12.2. The summed E-state index contributed by atoms with van der Waals surface area (Å²) in [5.74, 6) is 1.17. The predicted octanol–water partition coefficient (Wildman–Crippen LogP) is 6.43. The number of hydrogen-bond donors (Lipinski definition) is 3. The highest BCUT2D eigenvalue weighted by atomic mass is 32.2. The van der Waals surface area contributed by atoms with Crippen molar-refractivity contribution >= 4 is 29.7 Å². The summed E-state index contributed by atoms with van der Waals surface area (Å²) in [5, 5.41) is 20.9. The molecule has 0 aliphatic carbocycles. The summed E-state index contributed by atoms with van der Waals surface area (Å²) < 4.78 is 0. The Kier molecular flexibility index (Phi) is 15.9. The van der Waals surface area contributed by atoms with E-state index in [4.69, 9.17) is 5.11 Å². The fourth-order valence-electron chi connectivity index (χ4n) is 4.49. The Hall–Kier alpha value is -1.70. The van der Waals surface area contributed by atoms with Crippen LogP contribution in [0.25, 0.3) is 0 Å². The molecule has 0 saturated carbocycles. The first-order chi connectivity index (χ1) is 17.0. The first-order valence-electron chi connectivity index (χ1n) is 13.8. The summed E-state index contributed by atoms with van der Waals surface area (Å²) >= 11 is 1.46. The van der Waals surface area contributed by atoms with Crippen molar-refractivity contribution in [2.45, 2.75) is 111 Å². The average Bonchev–Trinajstić information content (AvgIpc) is 2.74. The third-order valence-electron chi connectivity index (χ3n) is 7.14. The lowest BCUT2D eigenvalue weighted by Gasteiger charge is -2.38. The van der Waals surface area contributed by atoms with Gasteiger partial charge < -0.3 is 20.4 Å². The molecule has 1 aliphatic heterocycles. The molecule has 0 aromatic heterocycles. The number of rotatable bonds is 19. The van der Waals surface area contributed by atoms with Crippen LogP contribution in [-0.2, 0) is 9.59 Å². The van der Waals surface area contributed by atoms with Crippen molar-refractivity contribution in [3.05, 3.63) is 11.6 Å². The van der Waals surface area contributed by atoms with E-state index >= 15 is 0 Å². The van der Waals surface area contributed by atoms with Gasteiger partial charge in [-0.1, -0.05) is 84.3 Å². The molecule has 36 heavy (non-hydrogen) atoms. The van der Waals surface area contributed by atoms with Gasteiger partial charge in [0.15, 0.2) is 0 Å². The van der Waals surface area contributed by atoms with E-state index in [9.17, 15) is 19.5 Å². The number of amides is 2. The Morgan fingerprint density at radius 1 is 0.972 bits per heavy atom. The number of allylic oxidation sites excluding steroid dienone is 1. The Bertz CT molecular complexity index is 712. The standard InChI is InChI=1S/C28H50N2O5S/c1-20(2)9-6-10-21(3)11-7-12-22(4)13-8-14-23(5)16-18-36-19-24(26(31)32)29-28(35)30-17-15-25(30)27(33)34/h16,20-22,24-25H,6-15,17-19H2,1-5H3,(H,29,35)(H,31,32)(H,33,34)/b23-16+/t21?,22?,24-,25?/m0/s1. The quantitative estimate of drug-likeness (QED) is 0.132. The summed E-state index contributed by atoms with van der Waals surface area (Å²) in [6, 6.07) is -2.52. The fraction of sp³-hybridized carbons (Fsp3) is 0.821. The van der Waals surface area contributed by atoms with Gasteiger partial charge in [-0.2, -0.15) is 11.8 Å². The maximum Gasteiger partial charge on any atom is 0.327 e. The van der Waals surface area contributed by atoms with Crippen LogP contribution >= 0.6 is 11.8 Å². The van der Waals surface area contributed by atoms with Gasteiger partial charge >= 0.3 is 18.0 Å². The molecule has 208 valence electrons. The lowest BCUT2D eigenvalue weighted by Crippen LogP contribution is -2.60. The van der Waals surface area contributed by atoms with Crippen LogP contribution in [0, 0.1) is 17.8 Å². The molecule has 0 spiro atoms. The molecule has 0 aromatic carbocycles. The number of carboxylic acids is 2. The van der Waals surface area contributed by atoms with Crippen LogP contribution in [0.5, 0.6) is 0 Å². The molecule has 0 aromatic rings. The number of carboxylic acid groups (broad SMARTS) is 2. The largest absolute Gasteiger partial charge is 0.480 e. The second-order valence-electron chi connectivity index (χ2n) is 11.1. The van der Waals surface area contributed by atoms with E-state index in [-0.39, 0.29) is 5.75 Å². The topological polar surface area (TPSA) is 107 Å². The molecule has 2 amide bonds. The molecule has 7 nitrogen and oxygen atoms in total. The smallest absolute Gasteiger partial charge is 0.327 e. The van der Waals surface area contributed by atoms with E-state index in [0.717, 1.165) is 24.2 Å². The predicted molar refractivity (Wildman–Crippen MR) is 149 cm³/mol. The number of thioether (sulfide) groups is 1. The maximum atomic E-state index is 12.2. The molecule has 1 fully saturated rings. The van der Waals surface area contributed by atoms with Crippen molar-refractivity contribution in [2.24, 2.45) is 17.8 Å². The summed E-state index contributed by atoms with van der Waals surface area (Å²) in [7, 11) is 0. The van der Waals surface area contributed by atoms with Gasteiger partial charge in [-0.3, -0.25) is 0 Å². The molecule has 0 radical (unpaired) electrons. The number of hydrogen-bond acceptors (Lipinski definition) is 4. The Labute approximate surface area is 222 Å². The van der Waals surface area contributed by atoms with Crippen LogP contribution in [0.2, 0.25) is 0 Å². The van der Waals surface area contributed by atoms with Gasteiger partial charge in [0.2, 0.25) is 0 Å². The Morgan fingerprint density at radius 3 is 2.06 bits per heavy atom. The number of likely N-dealkylation sites (tertiary alicyclic amines) is 1. The van der Waals surface area contributed by atoms with Crippen molar-refractivity contribution in [1.29, 1.82) is 0 Å². The Morgan fingerprint density at radius 2 is 1.56 bits per heavy atom. The lowest BCUT2D eigenvalue weighted by molar-refractivity contribution is -0.145. The molecule has 1 rings (SSSR count). The zero-order valence-corrected chi connectivity index (χ0v) is 23.9. The molecule has 1 heterocycles. The molecule has 1 saturated heterocycles. The molecular formula is C28H50N2O5S. The molecule has 3 unspecified atom stereocenters. The van der Waals surface area contributed by atoms with Gasteiger partial charge in [-0.15, -0.1) is 0 Å². The van der Waals surface area contributed by atoms with Crippen molar-refractivity contribution in [1.82, 2.24) is 10.2 Å². The fourth-order valence-corrected chi connectivity index (χ4v) is 5.49. The zero-order valence-electron chi connectivity index (χ0n) is 23.1. The van der Waals surface area contributed by atoms with Crippen molar-refractivity contribution in [3.63, 3.8) is 0 Å². The normalized spacial score (nSPS) is 18.4. The third kappa shape index (κ3) is 13.6. The SMILES string of the molecule is C/C(=C\CSC[C@H](NC(=O)N1CCC1C(=O)O)C(=O)O)CCCC(C)CCCC(C)CCCC(C)C. The minimum absolute atomic E-state index is 0.239. The number of urea groups is 1. The number of carbonyl (C=O) groups excluding carboxylic acids is 1. The average molecular weight is 527 g/mol. The van der Waals surface area contributed by atoms with Crippen LogP contribution in [0.4, 0.5) is 4.79 Å². The van der Waals surface area contributed by atoms with Crippen molar-refractivity contribution in [3.8, 4) is 0 Å². The number of nitrogens with zero attached hydrogens (tertiary/aromatic N) is 1. The number of carbonyl (C=O) groups is 3. The van der Waals surface area contributed by atoms with E-state index in [1.54, 1.807) is 0 Å². The summed E-state index contributed by atoms with van der Waals surface area (Å²) in [6.45, 7) is 11.8. The van der Waals surface area contributed by atoms with Crippen molar-refractivity contribution in [2.75, 3.05) is 18.1 Å². The highest BCUT2D eigenvalue weighted by Crippen LogP contribution is 2.22. The summed E-state index contributed by atoms with van der Waals surface area (Å²) in [6.07, 6.45) is 14.0. The minimum Gasteiger partial charge on any atom is -0.480 e. The van der Waals surface area contributed by atoms with Gasteiger partial charge in [0.1, 0.15) is 12.1 Å². The highest BCUT2D eigenvalue weighted by molar-refractivity contribution is 7.99. The molecule has 3 N–H and O–H groups in total. The van der Waals surface area contributed by atoms with Crippen molar-refractivity contribution < 1.29 is 24.6 Å². The lowest BCUT2D eigenvalue weighted by atomic mass is 9.91. The molecule has 0 bridgehead atoms. The highest BCUT2D eigenvalue weighted by Gasteiger charge is 2.38. The van der Waals surface area contributed by atoms with E-state index in [2.05, 4.69) is 46.0 Å². The van der Waals surface area contributed by atoms with E-state index < -0.39 is 30.1 Å². The molecule has 4 atom stereocenters. The molecule has 8 heteroatoms. The second kappa shape index (κ2) is 17.7. The number of aliphatic carboxylic acids is 2. The van der Waals surface area contributed by atoms with Gasteiger partial charge in [0, 0.05) is 18.1 Å². The third-order valence-corrected chi connectivity index (χ3v) is 8.11. The van der Waals surface area contributed by atoms with Crippen LogP contribution < -0.4 is 5.32 Å². The summed E-state index contributed by atoms with van der Waals surface area (Å²) in [5.41, 5.74) is 1.31. The number of nitrogens with one attached hydrogen (secondary N) is 1. The molecular weight excluding hydrogens is 476 g/mol.